The lowest BCUT2D eigenvalue weighted by atomic mass is 10.1. The second-order valence-corrected chi connectivity index (χ2v) is 2.33. The van der Waals surface area contributed by atoms with Gasteiger partial charge in [-0.25, -0.2) is 0 Å². The Balaban J connectivity index is 0.000000292. The van der Waals surface area contributed by atoms with Crippen LogP contribution in [0, 0.1) is 0 Å². The third-order valence-electron chi connectivity index (χ3n) is 1.25. The van der Waals surface area contributed by atoms with Gasteiger partial charge in [0, 0.05) is 0 Å². The minimum atomic E-state index is 0.191. The van der Waals surface area contributed by atoms with Gasteiger partial charge in [-0.05, 0) is 25.3 Å². The summed E-state index contributed by atoms with van der Waals surface area (Å²) in [6, 6.07) is 0. The summed E-state index contributed by atoms with van der Waals surface area (Å²) in [5.74, 6) is 0. The van der Waals surface area contributed by atoms with E-state index in [4.69, 9.17) is 5.11 Å². The van der Waals surface area contributed by atoms with Crippen molar-refractivity contribution in [1.29, 1.82) is 0 Å². The Morgan fingerprint density at radius 2 is 2.27 bits per heavy atom. The van der Waals surface area contributed by atoms with Crippen molar-refractivity contribution >= 4 is 0 Å². The zero-order valence-electron chi connectivity index (χ0n) is 7.09. The Morgan fingerprint density at radius 1 is 1.64 bits per heavy atom. The van der Waals surface area contributed by atoms with Crippen molar-refractivity contribution in [2.45, 2.75) is 19.8 Å². The van der Waals surface area contributed by atoms with E-state index in [1.54, 1.807) is 6.08 Å². The van der Waals surface area contributed by atoms with Crippen LogP contribution in [-0.4, -0.2) is 11.7 Å². The maximum absolute atomic E-state index is 8.57. The van der Waals surface area contributed by atoms with Crippen molar-refractivity contribution in [3.63, 3.8) is 0 Å². The normalized spacial score (nSPS) is 14.5. The van der Waals surface area contributed by atoms with Crippen molar-refractivity contribution in [1.82, 2.24) is 0 Å². The van der Waals surface area contributed by atoms with Crippen molar-refractivity contribution < 1.29 is 5.11 Å². The fraction of sp³-hybridized carbons (Fsp3) is 0.400. The highest BCUT2D eigenvalue weighted by atomic mass is 16.3. The second-order valence-electron chi connectivity index (χ2n) is 2.33. The predicted octanol–water partition coefficient (Wildman–Crippen LogP) is 2.45. The van der Waals surface area contributed by atoms with Gasteiger partial charge in [-0.2, -0.15) is 0 Å². The molecule has 0 saturated heterocycles. The van der Waals surface area contributed by atoms with Crippen LogP contribution < -0.4 is 0 Å². The monoisotopic (exact) mass is 152 g/mol. The average Bonchev–Trinajstić information content (AvgIpc) is 2.08. The lowest BCUT2D eigenvalue weighted by molar-refractivity contribution is 0.334. The van der Waals surface area contributed by atoms with Crippen LogP contribution in [0.3, 0.4) is 0 Å². The molecule has 1 rings (SSSR count). The van der Waals surface area contributed by atoms with E-state index >= 15 is 0 Å². The lowest BCUT2D eigenvalue weighted by Crippen LogP contribution is -1.88. The second kappa shape index (κ2) is 7.29. The Bertz CT molecular complexity index is 154. The van der Waals surface area contributed by atoms with Crippen LogP contribution in [0.1, 0.15) is 19.8 Å². The zero-order valence-corrected chi connectivity index (χ0v) is 7.09. The van der Waals surface area contributed by atoms with E-state index in [0.717, 1.165) is 18.4 Å². The first kappa shape index (κ1) is 10.2. The van der Waals surface area contributed by atoms with E-state index in [9.17, 15) is 0 Å². The summed E-state index contributed by atoms with van der Waals surface area (Å²) in [6.45, 7) is 5.44. The summed E-state index contributed by atoms with van der Waals surface area (Å²) in [5, 5.41) is 8.57. The van der Waals surface area contributed by atoms with Crippen molar-refractivity contribution in [3.05, 3.63) is 36.5 Å². The lowest BCUT2D eigenvalue weighted by Gasteiger charge is -2.00. The first-order chi connectivity index (χ1) is 5.35. The molecule has 1 heteroatoms. The molecule has 0 saturated carbocycles. The third-order valence-corrected chi connectivity index (χ3v) is 1.25. The molecule has 0 spiro atoms. The van der Waals surface area contributed by atoms with E-state index in [1.165, 1.54) is 0 Å². The number of allylic oxidation sites excluding steroid dienone is 3. The third kappa shape index (κ3) is 5.62. The largest absolute Gasteiger partial charge is 0.392 e. The molecule has 0 bridgehead atoms. The Morgan fingerprint density at radius 3 is 2.55 bits per heavy atom. The fourth-order valence-electron chi connectivity index (χ4n) is 0.785. The molecule has 0 atom stereocenters. The van der Waals surface area contributed by atoms with Gasteiger partial charge in [0.1, 0.15) is 0 Å². The minimum Gasteiger partial charge on any atom is -0.392 e. The summed E-state index contributed by atoms with van der Waals surface area (Å²) in [6.07, 6.45) is 10.1. The first-order valence-electron chi connectivity index (χ1n) is 3.88. The van der Waals surface area contributed by atoms with E-state index in [2.05, 4.69) is 18.7 Å². The van der Waals surface area contributed by atoms with Gasteiger partial charge in [-0.3, -0.25) is 0 Å². The Labute approximate surface area is 68.7 Å². The van der Waals surface area contributed by atoms with Crippen molar-refractivity contribution in [3.8, 4) is 0 Å². The number of aliphatic hydroxyl groups is 1. The molecule has 0 amide bonds. The number of hydrogen-bond acceptors (Lipinski definition) is 1. The van der Waals surface area contributed by atoms with Gasteiger partial charge in [0.2, 0.25) is 0 Å². The minimum absolute atomic E-state index is 0.191. The highest BCUT2D eigenvalue weighted by molar-refractivity contribution is 5.21. The highest BCUT2D eigenvalue weighted by Crippen LogP contribution is 2.07. The van der Waals surface area contributed by atoms with Crippen molar-refractivity contribution in [2.24, 2.45) is 0 Å². The smallest absolute Gasteiger partial charge is 0.0678 e. The molecule has 0 aliphatic heterocycles. The quantitative estimate of drug-likeness (QED) is 0.572. The summed E-state index contributed by atoms with van der Waals surface area (Å²) in [5.41, 5.74) is 1.05. The predicted molar refractivity (Wildman–Crippen MR) is 49.4 cm³/mol. The van der Waals surface area contributed by atoms with E-state index < -0.39 is 0 Å². The molecule has 1 nitrogen and oxygen atoms in total. The molecule has 62 valence electrons. The molecule has 1 aliphatic carbocycles. The van der Waals surface area contributed by atoms with Gasteiger partial charge in [0.15, 0.2) is 0 Å². The zero-order chi connectivity index (χ0) is 8.53. The van der Waals surface area contributed by atoms with Crippen LogP contribution in [0.15, 0.2) is 36.5 Å². The highest BCUT2D eigenvalue weighted by Gasteiger charge is 1.91. The Hall–Kier alpha value is -0.820. The number of rotatable bonds is 1. The summed E-state index contributed by atoms with van der Waals surface area (Å²) in [4.78, 5) is 0. The standard InChI is InChI=1S/C7H10O.C3H6/c8-6-7-4-2-1-3-5-7;1-3-2/h2,4-5,8H,1,3,6H2;3H,1H2,2H3. The molecule has 0 fully saturated rings. The molecular weight excluding hydrogens is 136 g/mol. The molecule has 0 aromatic rings. The molecule has 0 aromatic carbocycles. The maximum atomic E-state index is 8.57. The molecule has 0 heterocycles. The van der Waals surface area contributed by atoms with Crippen molar-refractivity contribution in [2.75, 3.05) is 6.61 Å². The van der Waals surface area contributed by atoms with Crippen LogP contribution in [0.5, 0.6) is 0 Å². The first-order valence-corrected chi connectivity index (χ1v) is 3.88. The van der Waals surface area contributed by atoms with Gasteiger partial charge in [-0.15, -0.1) is 6.58 Å². The summed E-state index contributed by atoms with van der Waals surface area (Å²) in [7, 11) is 0. The van der Waals surface area contributed by atoms with E-state index in [-0.39, 0.29) is 6.61 Å². The summed E-state index contributed by atoms with van der Waals surface area (Å²) < 4.78 is 0. The topological polar surface area (TPSA) is 20.2 Å². The fourth-order valence-corrected chi connectivity index (χ4v) is 0.785. The van der Waals surface area contributed by atoms with Gasteiger partial charge in [-0.1, -0.05) is 24.3 Å². The van der Waals surface area contributed by atoms with Gasteiger partial charge in [0.25, 0.3) is 0 Å². The average molecular weight is 152 g/mol. The van der Waals surface area contributed by atoms with Gasteiger partial charge < -0.3 is 5.11 Å². The van der Waals surface area contributed by atoms with Crippen LogP contribution in [0.25, 0.3) is 0 Å². The summed E-state index contributed by atoms with van der Waals surface area (Å²) >= 11 is 0. The molecule has 0 radical (unpaired) electrons. The van der Waals surface area contributed by atoms with E-state index in [0.29, 0.717) is 0 Å². The number of hydrogen-bond donors (Lipinski definition) is 1. The molecule has 0 aromatic heterocycles. The molecule has 1 N–H and O–H groups in total. The maximum Gasteiger partial charge on any atom is 0.0678 e. The van der Waals surface area contributed by atoms with Gasteiger partial charge >= 0.3 is 0 Å². The molecule has 1 aliphatic rings. The van der Waals surface area contributed by atoms with Crippen LogP contribution in [0.2, 0.25) is 0 Å². The Kier molecular flexibility index (Phi) is 6.75. The SMILES string of the molecule is C=CC.OCC1=CCCC=C1. The number of aliphatic hydroxyl groups excluding tert-OH is 1. The van der Waals surface area contributed by atoms with E-state index in [1.807, 2.05) is 13.0 Å². The van der Waals surface area contributed by atoms with Crippen LogP contribution >= 0.6 is 0 Å². The molecule has 0 unspecified atom stereocenters. The van der Waals surface area contributed by atoms with Crippen LogP contribution in [0.4, 0.5) is 0 Å². The molecule has 11 heavy (non-hydrogen) atoms. The van der Waals surface area contributed by atoms with Gasteiger partial charge in [0.05, 0.1) is 6.61 Å². The van der Waals surface area contributed by atoms with Crippen LogP contribution in [-0.2, 0) is 0 Å². The molecular formula is C10H16O.